The summed E-state index contributed by atoms with van der Waals surface area (Å²) in [5.74, 6) is 0.774. The smallest absolute Gasteiger partial charge is 0.299 e. The van der Waals surface area contributed by atoms with Gasteiger partial charge in [0.25, 0.3) is 5.56 Å². The molecule has 1 aromatic heterocycles. The fourth-order valence-corrected chi connectivity index (χ4v) is 3.57. The molecule has 2 rings (SSSR count). The molecule has 106 valence electrons. The standard InChI is InChI=1S/C13H19BrN2O2S/c14-10-7-16(12(18)15-11(10)17)8-13(9-19)5-3-1-2-4-6-13/h7,19H,1-6,8-9H2,(H,15,17,18). The lowest BCUT2D eigenvalue weighted by atomic mass is 9.82. The molecule has 0 unspecified atom stereocenters. The van der Waals surface area contributed by atoms with Crippen LogP contribution in [0.25, 0.3) is 0 Å². The Morgan fingerprint density at radius 2 is 1.89 bits per heavy atom. The molecule has 0 saturated heterocycles. The second kappa shape index (κ2) is 6.31. The average Bonchev–Trinajstić information content (AvgIpc) is 2.62. The number of hydrogen-bond donors (Lipinski definition) is 2. The van der Waals surface area contributed by atoms with E-state index >= 15 is 0 Å². The van der Waals surface area contributed by atoms with Gasteiger partial charge in [0.2, 0.25) is 0 Å². The van der Waals surface area contributed by atoms with Crippen molar-refractivity contribution in [2.75, 3.05) is 5.75 Å². The van der Waals surface area contributed by atoms with E-state index in [1.54, 1.807) is 10.8 Å². The van der Waals surface area contributed by atoms with Crippen molar-refractivity contribution in [3.63, 3.8) is 0 Å². The number of nitrogens with one attached hydrogen (secondary N) is 1. The zero-order chi connectivity index (χ0) is 13.9. The third-order valence-electron chi connectivity index (χ3n) is 3.97. The Labute approximate surface area is 126 Å². The van der Waals surface area contributed by atoms with Gasteiger partial charge in [-0.15, -0.1) is 0 Å². The summed E-state index contributed by atoms with van der Waals surface area (Å²) in [5.41, 5.74) is -0.637. The van der Waals surface area contributed by atoms with Gasteiger partial charge in [0.05, 0.1) is 4.47 Å². The second-order valence-corrected chi connectivity index (χ2v) is 6.61. The molecule has 1 aliphatic carbocycles. The van der Waals surface area contributed by atoms with Gasteiger partial charge in [0.1, 0.15) is 0 Å². The predicted molar refractivity (Wildman–Crippen MR) is 83.0 cm³/mol. The van der Waals surface area contributed by atoms with Crippen LogP contribution in [0.15, 0.2) is 20.3 Å². The maximum Gasteiger partial charge on any atom is 0.328 e. The first-order valence-corrected chi connectivity index (χ1v) is 8.09. The first-order chi connectivity index (χ1) is 9.06. The summed E-state index contributed by atoms with van der Waals surface area (Å²) in [6.45, 7) is 0.630. The molecule has 0 aromatic carbocycles. The fourth-order valence-electron chi connectivity index (χ4n) is 2.81. The molecule has 6 heteroatoms. The Morgan fingerprint density at radius 1 is 1.26 bits per heavy atom. The highest BCUT2D eigenvalue weighted by Crippen LogP contribution is 2.37. The Kier molecular flexibility index (Phi) is 4.95. The molecule has 1 N–H and O–H groups in total. The molecule has 0 aliphatic heterocycles. The lowest BCUT2D eigenvalue weighted by Crippen LogP contribution is -2.37. The Bertz CT molecular complexity index is 544. The summed E-state index contributed by atoms with van der Waals surface area (Å²) in [6, 6.07) is 0. The Balaban J connectivity index is 2.29. The van der Waals surface area contributed by atoms with Crippen molar-refractivity contribution in [2.24, 2.45) is 5.41 Å². The van der Waals surface area contributed by atoms with Crippen molar-refractivity contribution < 1.29 is 0 Å². The molecule has 1 fully saturated rings. The van der Waals surface area contributed by atoms with E-state index < -0.39 is 0 Å². The molecule has 0 radical (unpaired) electrons. The van der Waals surface area contributed by atoms with E-state index in [4.69, 9.17) is 0 Å². The largest absolute Gasteiger partial charge is 0.328 e. The van der Waals surface area contributed by atoms with Crippen molar-refractivity contribution in [3.8, 4) is 0 Å². The van der Waals surface area contributed by atoms with Crippen LogP contribution in [0.4, 0.5) is 0 Å². The lowest BCUT2D eigenvalue weighted by Gasteiger charge is -2.31. The molecule has 1 aliphatic rings. The quantitative estimate of drug-likeness (QED) is 0.652. The van der Waals surface area contributed by atoms with Crippen molar-refractivity contribution in [1.29, 1.82) is 0 Å². The minimum absolute atomic E-state index is 0.0706. The molecule has 0 bridgehead atoms. The summed E-state index contributed by atoms with van der Waals surface area (Å²) < 4.78 is 2.00. The van der Waals surface area contributed by atoms with Crippen LogP contribution in [0.3, 0.4) is 0 Å². The van der Waals surface area contributed by atoms with E-state index in [0.29, 0.717) is 11.0 Å². The number of H-pyrrole nitrogens is 1. The molecular formula is C13H19BrN2O2S. The number of aromatic amines is 1. The summed E-state index contributed by atoms with van der Waals surface area (Å²) in [7, 11) is 0. The number of halogens is 1. The van der Waals surface area contributed by atoms with E-state index in [2.05, 4.69) is 33.5 Å². The Hall–Kier alpha value is -0.490. The van der Waals surface area contributed by atoms with Crippen LogP contribution in [0, 0.1) is 5.41 Å². The van der Waals surface area contributed by atoms with Crippen LogP contribution in [0.5, 0.6) is 0 Å². The number of aromatic nitrogens is 2. The van der Waals surface area contributed by atoms with Crippen LogP contribution >= 0.6 is 28.6 Å². The van der Waals surface area contributed by atoms with Crippen LogP contribution < -0.4 is 11.2 Å². The van der Waals surface area contributed by atoms with Gasteiger partial charge in [-0.3, -0.25) is 14.3 Å². The maximum absolute atomic E-state index is 11.9. The lowest BCUT2D eigenvalue weighted by molar-refractivity contribution is 0.236. The van der Waals surface area contributed by atoms with Crippen LogP contribution in [0.2, 0.25) is 0 Å². The van der Waals surface area contributed by atoms with E-state index in [1.807, 2.05) is 0 Å². The summed E-state index contributed by atoms with van der Waals surface area (Å²) >= 11 is 7.69. The Morgan fingerprint density at radius 3 is 2.47 bits per heavy atom. The molecule has 1 heterocycles. The maximum atomic E-state index is 11.9. The zero-order valence-corrected chi connectivity index (χ0v) is 13.3. The topological polar surface area (TPSA) is 54.9 Å². The van der Waals surface area contributed by atoms with Gasteiger partial charge in [-0.25, -0.2) is 4.79 Å². The van der Waals surface area contributed by atoms with Gasteiger partial charge in [-0.2, -0.15) is 12.6 Å². The number of thiol groups is 1. The second-order valence-electron chi connectivity index (χ2n) is 5.44. The highest BCUT2D eigenvalue weighted by molar-refractivity contribution is 9.10. The first kappa shape index (κ1) is 14.9. The van der Waals surface area contributed by atoms with E-state index in [0.717, 1.165) is 18.6 Å². The normalized spacial score (nSPS) is 19.1. The van der Waals surface area contributed by atoms with E-state index in [1.165, 1.54) is 25.7 Å². The van der Waals surface area contributed by atoms with Crippen molar-refractivity contribution in [2.45, 2.75) is 45.1 Å². The van der Waals surface area contributed by atoms with Gasteiger partial charge in [0.15, 0.2) is 0 Å². The van der Waals surface area contributed by atoms with Gasteiger partial charge >= 0.3 is 5.69 Å². The number of hydrogen-bond acceptors (Lipinski definition) is 3. The minimum atomic E-state index is -0.373. The summed E-state index contributed by atoms with van der Waals surface area (Å²) in [6.07, 6.45) is 8.70. The molecule has 0 atom stereocenters. The number of nitrogens with zero attached hydrogens (tertiary/aromatic N) is 1. The zero-order valence-electron chi connectivity index (χ0n) is 10.8. The van der Waals surface area contributed by atoms with Crippen LogP contribution in [0.1, 0.15) is 38.5 Å². The van der Waals surface area contributed by atoms with E-state index in [-0.39, 0.29) is 16.7 Å². The summed E-state index contributed by atoms with van der Waals surface area (Å²) in [5, 5.41) is 0. The molecule has 1 saturated carbocycles. The van der Waals surface area contributed by atoms with Crippen molar-refractivity contribution >= 4 is 28.6 Å². The van der Waals surface area contributed by atoms with Gasteiger partial charge in [-0.1, -0.05) is 25.7 Å². The number of rotatable bonds is 3. The summed E-state index contributed by atoms with van der Waals surface area (Å²) in [4.78, 5) is 25.6. The van der Waals surface area contributed by atoms with Gasteiger partial charge in [0, 0.05) is 12.7 Å². The highest BCUT2D eigenvalue weighted by atomic mass is 79.9. The first-order valence-electron chi connectivity index (χ1n) is 6.66. The molecule has 1 aromatic rings. The minimum Gasteiger partial charge on any atom is -0.299 e. The SMILES string of the molecule is O=c1[nH]c(=O)n(CC2(CS)CCCCCC2)cc1Br. The predicted octanol–water partition coefficient (Wildman–Crippen LogP) is 2.57. The van der Waals surface area contributed by atoms with Crippen molar-refractivity contribution in [1.82, 2.24) is 9.55 Å². The van der Waals surface area contributed by atoms with Gasteiger partial charge < -0.3 is 0 Å². The molecule has 0 spiro atoms. The highest BCUT2D eigenvalue weighted by Gasteiger charge is 2.30. The molecule has 4 nitrogen and oxygen atoms in total. The third-order valence-corrected chi connectivity index (χ3v) is 5.21. The average molecular weight is 347 g/mol. The third kappa shape index (κ3) is 3.54. The van der Waals surface area contributed by atoms with Gasteiger partial charge in [-0.05, 0) is 39.9 Å². The monoisotopic (exact) mass is 346 g/mol. The van der Waals surface area contributed by atoms with Crippen LogP contribution in [-0.4, -0.2) is 15.3 Å². The van der Waals surface area contributed by atoms with E-state index in [9.17, 15) is 9.59 Å². The molecular weight excluding hydrogens is 328 g/mol. The van der Waals surface area contributed by atoms with Crippen LogP contribution in [-0.2, 0) is 6.54 Å². The fraction of sp³-hybridized carbons (Fsp3) is 0.692. The molecule has 0 amide bonds. The van der Waals surface area contributed by atoms with Crippen molar-refractivity contribution in [3.05, 3.63) is 31.5 Å². The molecule has 19 heavy (non-hydrogen) atoms.